The van der Waals surface area contributed by atoms with Crippen LogP contribution in [0.5, 0.6) is 0 Å². The average molecular weight is 291 g/mol. The molecule has 0 aromatic heterocycles. The molecule has 3 N–H and O–H groups in total. The maximum atomic E-state index is 13.3. The maximum Gasteiger partial charge on any atom is 0.311 e. The van der Waals surface area contributed by atoms with Gasteiger partial charge in [-0.15, -0.1) is 11.8 Å². The lowest BCUT2D eigenvalue weighted by atomic mass is 10.0. The predicted octanol–water partition coefficient (Wildman–Crippen LogP) is 3.37. The van der Waals surface area contributed by atoms with Gasteiger partial charge in [0.1, 0.15) is 5.82 Å². The summed E-state index contributed by atoms with van der Waals surface area (Å²) in [6.45, 7) is 0. The summed E-state index contributed by atoms with van der Waals surface area (Å²) in [6.07, 6.45) is 0. The van der Waals surface area contributed by atoms with E-state index in [9.17, 15) is 14.3 Å². The summed E-state index contributed by atoms with van der Waals surface area (Å²) >= 11 is 1.30. The monoisotopic (exact) mass is 291 g/mol. The fourth-order valence-electron chi connectivity index (χ4n) is 1.77. The number of carboxylic acid groups (broad SMARTS) is 1. The fraction of sp³-hybridized carbons (Fsp3) is 0.133. The first-order chi connectivity index (χ1) is 9.58. The minimum absolute atomic E-state index is 0.0900. The Bertz CT molecular complexity index is 604. The summed E-state index contributed by atoms with van der Waals surface area (Å²) < 4.78 is 13.3. The lowest BCUT2D eigenvalue weighted by molar-refractivity contribution is -0.138. The Hall–Kier alpha value is -2.01. The molecule has 1 atom stereocenters. The van der Waals surface area contributed by atoms with Crippen LogP contribution in [-0.4, -0.2) is 16.8 Å². The van der Waals surface area contributed by atoms with E-state index < -0.39 is 17.7 Å². The molecule has 5 heteroatoms. The Kier molecular flexibility index (Phi) is 4.63. The number of hydrogen-bond donors (Lipinski definition) is 2. The first-order valence-corrected chi connectivity index (χ1v) is 7.02. The lowest BCUT2D eigenvalue weighted by Gasteiger charge is -2.12. The van der Waals surface area contributed by atoms with Gasteiger partial charge in [-0.3, -0.25) is 4.79 Å². The van der Waals surface area contributed by atoms with E-state index in [1.807, 2.05) is 6.07 Å². The normalized spacial score (nSPS) is 12.1. The molecular formula is C15H14FNO2S. The number of rotatable bonds is 5. The van der Waals surface area contributed by atoms with E-state index in [1.54, 1.807) is 30.3 Å². The molecule has 2 aromatic rings. The molecule has 0 fully saturated rings. The van der Waals surface area contributed by atoms with Crippen LogP contribution in [0, 0.1) is 5.82 Å². The van der Waals surface area contributed by atoms with Gasteiger partial charge in [-0.25, -0.2) is 4.39 Å². The quantitative estimate of drug-likeness (QED) is 0.655. The van der Waals surface area contributed by atoms with Crippen molar-refractivity contribution in [1.29, 1.82) is 0 Å². The average Bonchev–Trinajstić information content (AvgIpc) is 2.44. The van der Waals surface area contributed by atoms with Crippen molar-refractivity contribution >= 4 is 23.4 Å². The highest BCUT2D eigenvalue weighted by molar-refractivity contribution is 7.99. The Labute approximate surface area is 120 Å². The fourth-order valence-corrected chi connectivity index (χ4v) is 2.82. The molecule has 104 valence electrons. The second-order valence-corrected chi connectivity index (χ2v) is 5.39. The van der Waals surface area contributed by atoms with Gasteiger partial charge in [0.25, 0.3) is 0 Å². The van der Waals surface area contributed by atoms with Gasteiger partial charge in [0.05, 0.1) is 11.6 Å². The molecule has 0 aliphatic carbocycles. The first kappa shape index (κ1) is 14.4. The largest absolute Gasteiger partial charge is 0.481 e. The molecule has 2 aromatic carbocycles. The van der Waals surface area contributed by atoms with Crippen LogP contribution in [0.4, 0.5) is 10.1 Å². The Morgan fingerprint density at radius 3 is 2.55 bits per heavy atom. The van der Waals surface area contributed by atoms with Crippen LogP contribution >= 0.6 is 11.8 Å². The van der Waals surface area contributed by atoms with Crippen LogP contribution in [0.1, 0.15) is 11.5 Å². The molecule has 0 aliphatic rings. The molecular weight excluding hydrogens is 277 g/mol. The zero-order valence-corrected chi connectivity index (χ0v) is 11.4. The van der Waals surface area contributed by atoms with Gasteiger partial charge in [-0.2, -0.15) is 0 Å². The van der Waals surface area contributed by atoms with Crippen molar-refractivity contribution < 1.29 is 14.3 Å². The van der Waals surface area contributed by atoms with Crippen LogP contribution in [0.25, 0.3) is 0 Å². The van der Waals surface area contributed by atoms with Crippen LogP contribution in [0.2, 0.25) is 0 Å². The molecule has 0 heterocycles. The van der Waals surface area contributed by atoms with E-state index in [2.05, 4.69) is 0 Å². The van der Waals surface area contributed by atoms with Gasteiger partial charge >= 0.3 is 5.97 Å². The van der Waals surface area contributed by atoms with Gasteiger partial charge < -0.3 is 10.8 Å². The number of carbonyl (C=O) groups is 1. The standard InChI is InChI=1S/C15H14FNO2S/c16-13-8-11(6-7-14(13)17)20-9-12(15(18)19)10-4-2-1-3-5-10/h1-8,12H,9,17H2,(H,18,19). The SMILES string of the molecule is Nc1ccc(SCC(C(=O)O)c2ccccc2)cc1F. The minimum Gasteiger partial charge on any atom is -0.481 e. The van der Waals surface area contributed by atoms with Crippen molar-refractivity contribution in [2.45, 2.75) is 10.8 Å². The molecule has 1 unspecified atom stereocenters. The van der Waals surface area contributed by atoms with Crippen LogP contribution in [0.3, 0.4) is 0 Å². The second-order valence-electron chi connectivity index (χ2n) is 4.30. The van der Waals surface area contributed by atoms with E-state index in [-0.39, 0.29) is 5.69 Å². The smallest absolute Gasteiger partial charge is 0.311 e. The molecule has 0 spiro atoms. The van der Waals surface area contributed by atoms with E-state index in [0.29, 0.717) is 10.6 Å². The number of aliphatic carboxylic acids is 1. The summed E-state index contributed by atoms with van der Waals surface area (Å²) in [5.41, 5.74) is 6.23. The summed E-state index contributed by atoms with van der Waals surface area (Å²) in [5, 5.41) is 9.30. The molecule has 0 saturated carbocycles. The van der Waals surface area contributed by atoms with Gasteiger partial charge in [0, 0.05) is 10.6 Å². The molecule has 0 aliphatic heterocycles. The van der Waals surface area contributed by atoms with Gasteiger partial charge in [-0.1, -0.05) is 30.3 Å². The van der Waals surface area contributed by atoms with Crippen LogP contribution in [-0.2, 0) is 4.79 Å². The number of nitrogens with two attached hydrogens (primary N) is 1. The van der Waals surface area contributed by atoms with Crippen molar-refractivity contribution in [2.24, 2.45) is 0 Å². The topological polar surface area (TPSA) is 63.3 Å². The van der Waals surface area contributed by atoms with E-state index in [1.165, 1.54) is 23.9 Å². The van der Waals surface area contributed by atoms with Crippen molar-refractivity contribution in [2.75, 3.05) is 11.5 Å². The number of anilines is 1. The van der Waals surface area contributed by atoms with Gasteiger partial charge in [0.2, 0.25) is 0 Å². The number of nitrogen functional groups attached to an aromatic ring is 1. The third kappa shape index (κ3) is 3.51. The van der Waals surface area contributed by atoms with Gasteiger partial charge in [-0.05, 0) is 23.8 Å². The van der Waals surface area contributed by atoms with E-state index in [0.717, 1.165) is 5.56 Å². The lowest BCUT2D eigenvalue weighted by Crippen LogP contribution is -2.14. The zero-order chi connectivity index (χ0) is 14.5. The highest BCUT2D eigenvalue weighted by Crippen LogP contribution is 2.28. The molecule has 3 nitrogen and oxygen atoms in total. The summed E-state index contributed by atoms with van der Waals surface area (Å²) in [5.74, 6) is -1.66. The van der Waals surface area contributed by atoms with Crippen molar-refractivity contribution in [3.05, 3.63) is 59.9 Å². The Morgan fingerprint density at radius 1 is 1.25 bits per heavy atom. The summed E-state index contributed by atoms with van der Waals surface area (Å²) in [4.78, 5) is 12.0. The molecule has 0 amide bonds. The molecule has 0 bridgehead atoms. The Balaban J connectivity index is 2.10. The molecule has 0 saturated heterocycles. The third-order valence-electron chi connectivity index (χ3n) is 2.89. The summed E-state index contributed by atoms with van der Waals surface area (Å²) in [7, 11) is 0. The Morgan fingerprint density at radius 2 is 1.95 bits per heavy atom. The zero-order valence-electron chi connectivity index (χ0n) is 10.6. The second kappa shape index (κ2) is 6.43. The number of carboxylic acids is 1. The third-order valence-corrected chi connectivity index (χ3v) is 3.98. The highest BCUT2D eigenvalue weighted by Gasteiger charge is 2.19. The minimum atomic E-state index is -0.889. The molecule has 2 rings (SSSR count). The first-order valence-electron chi connectivity index (χ1n) is 6.03. The van der Waals surface area contributed by atoms with Crippen molar-refractivity contribution in [3.63, 3.8) is 0 Å². The number of benzene rings is 2. The number of halogens is 1. The molecule has 20 heavy (non-hydrogen) atoms. The van der Waals surface area contributed by atoms with Crippen molar-refractivity contribution in [3.8, 4) is 0 Å². The van der Waals surface area contributed by atoms with E-state index in [4.69, 9.17) is 5.73 Å². The number of thioether (sulfide) groups is 1. The van der Waals surface area contributed by atoms with Crippen molar-refractivity contribution in [1.82, 2.24) is 0 Å². The van der Waals surface area contributed by atoms with Crippen LogP contribution < -0.4 is 5.73 Å². The van der Waals surface area contributed by atoms with E-state index >= 15 is 0 Å². The molecule has 0 radical (unpaired) electrons. The number of hydrogen-bond acceptors (Lipinski definition) is 3. The summed E-state index contributed by atoms with van der Waals surface area (Å²) in [6, 6.07) is 13.5. The predicted molar refractivity (Wildman–Crippen MR) is 78.4 cm³/mol. The highest BCUT2D eigenvalue weighted by atomic mass is 32.2. The maximum absolute atomic E-state index is 13.3. The van der Waals surface area contributed by atoms with Gasteiger partial charge in [0.15, 0.2) is 0 Å². The van der Waals surface area contributed by atoms with Crippen LogP contribution in [0.15, 0.2) is 53.4 Å².